The number of carbonyl (C=O) groups is 7. The number of ether oxygens (including phenoxy) is 3. The summed E-state index contributed by atoms with van der Waals surface area (Å²) >= 11 is 0. The molecule has 4 amide bonds. The van der Waals surface area contributed by atoms with Gasteiger partial charge in [0, 0.05) is 5.56 Å². The number of benzene rings is 3. The summed E-state index contributed by atoms with van der Waals surface area (Å²) in [5.74, 6) is -4.21. The molecule has 224 valence electrons. The zero-order valence-electron chi connectivity index (χ0n) is 23.7. The van der Waals surface area contributed by atoms with Crippen LogP contribution in [0.3, 0.4) is 0 Å². The average molecular weight is 599 g/mol. The summed E-state index contributed by atoms with van der Waals surface area (Å²) in [6.07, 6.45) is 0. The van der Waals surface area contributed by atoms with Gasteiger partial charge >= 0.3 is 11.9 Å². The monoisotopic (exact) mass is 598 g/mol. The highest BCUT2D eigenvalue weighted by atomic mass is 16.6. The number of hydrogen-bond donors (Lipinski definition) is 0. The van der Waals surface area contributed by atoms with Crippen LogP contribution in [0, 0.1) is 0 Å². The summed E-state index contributed by atoms with van der Waals surface area (Å²) in [4.78, 5) is 89.3. The van der Waals surface area contributed by atoms with Crippen LogP contribution in [0.15, 0.2) is 72.8 Å². The molecule has 0 radical (unpaired) electrons. The molecule has 2 heterocycles. The smallest absolute Gasteiger partial charge is 0.327 e. The third-order valence-corrected chi connectivity index (χ3v) is 6.98. The maximum atomic E-state index is 13.1. The Hall–Kier alpha value is -5.65. The van der Waals surface area contributed by atoms with Crippen LogP contribution in [0.5, 0.6) is 5.75 Å². The van der Waals surface area contributed by atoms with Gasteiger partial charge in [-0.1, -0.05) is 24.3 Å². The van der Waals surface area contributed by atoms with Gasteiger partial charge in [0.05, 0.1) is 22.3 Å². The highest BCUT2D eigenvalue weighted by molar-refractivity contribution is 6.23. The first kappa shape index (κ1) is 29.8. The van der Waals surface area contributed by atoms with Crippen molar-refractivity contribution in [1.29, 1.82) is 0 Å². The summed E-state index contributed by atoms with van der Waals surface area (Å²) in [5, 5.41) is 0. The fourth-order valence-corrected chi connectivity index (χ4v) is 4.80. The number of nitrogens with zero attached hydrogens (tertiary/aromatic N) is 2. The molecule has 5 rings (SSSR count). The van der Waals surface area contributed by atoms with Crippen LogP contribution in [-0.4, -0.2) is 83.1 Å². The van der Waals surface area contributed by atoms with Gasteiger partial charge < -0.3 is 14.2 Å². The summed E-state index contributed by atoms with van der Waals surface area (Å²) < 4.78 is 16.0. The first-order chi connectivity index (χ1) is 21.0. The van der Waals surface area contributed by atoms with Gasteiger partial charge in [-0.15, -0.1) is 0 Å². The van der Waals surface area contributed by atoms with Crippen molar-refractivity contribution in [2.24, 2.45) is 0 Å². The van der Waals surface area contributed by atoms with E-state index in [9.17, 15) is 33.6 Å². The maximum absolute atomic E-state index is 13.1. The van der Waals surface area contributed by atoms with Crippen molar-refractivity contribution < 1.29 is 47.8 Å². The van der Waals surface area contributed by atoms with E-state index in [1.54, 1.807) is 24.3 Å². The molecule has 12 nitrogen and oxygen atoms in total. The number of Topliss-reactive ketones (excluding diaryl/α,β-unsaturated/α-hetero) is 1. The minimum atomic E-state index is -1.61. The summed E-state index contributed by atoms with van der Waals surface area (Å²) in [6, 6.07) is 18.4. The zero-order chi connectivity index (χ0) is 31.6. The molecular formula is C32H26N2O10. The van der Waals surface area contributed by atoms with Crippen LogP contribution in [0.25, 0.3) is 0 Å². The van der Waals surface area contributed by atoms with E-state index in [-0.39, 0.29) is 41.0 Å². The minimum Gasteiger partial charge on any atom is -0.490 e. The lowest BCUT2D eigenvalue weighted by Gasteiger charge is -2.25. The number of hydrogen-bond acceptors (Lipinski definition) is 10. The van der Waals surface area contributed by atoms with Crippen LogP contribution in [0.2, 0.25) is 0 Å². The molecule has 0 bridgehead atoms. The van der Waals surface area contributed by atoms with Gasteiger partial charge in [0.15, 0.2) is 5.60 Å². The normalized spacial score (nSPS) is 14.0. The van der Waals surface area contributed by atoms with Gasteiger partial charge in [-0.3, -0.25) is 43.4 Å². The SMILES string of the molecule is CC(C)(OC(=O)CN1C(=O)c2ccccc2C1=O)C(=O)c1ccc(OCCOC(=O)CN2C(=O)c3ccccc3C2=O)cc1. The third kappa shape index (κ3) is 5.82. The second-order valence-corrected chi connectivity index (χ2v) is 10.4. The van der Waals surface area contributed by atoms with Gasteiger partial charge in [0.1, 0.15) is 32.1 Å². The number of esters is 2. The Balaban J connectivity index is 1.07. The Morgan fingerprint density at radius 3 is 1.50 bits per heavy atom. The van der Waals surface area contributed by atoms with Crippen LogP contribution < -0.4 is 4.74 Å². The van der Waals surface area contributed by atoms with E-state index in [0.717, 1.165) is 9.80 Å². The number of ketones is 1. The highest BCUT2D eigenvalue weighted by Crippen LogP contribution is 2.25. The fourth-order valence-electron chi connectivity index (χ4n) is 4.80. The number of fused-ring (bicyclic) bond motifs is 2. The molecule has 0 fully saturated rings. The third-order valence-electron chi connectivity index (χ3n) is 6.98. The van der Waals surface area contributed by atoms with E-state index in [0.29, 0.717) is 5.75 Å². The molecule has 0 aliphatic carbocycles. The van der Waals surface area contributed by atoms with Crippen molar-refractivity contribution in [2.75, 3.05) is 26.3 Å². The Labute approximate surface area is 251 Å². The summed E-state index contributed by atoms with van der Waals surface area (Å²) in [6.45, 7) is 1.44. The number of amides is 4. The fraction of sp³-hybridized carbons (Fsp3) is 0.219. The Bertz CT molecular complexity index is 1640. The lowest BCUT2D eigenvalue weighted by Crippen LogP contribution is -2.42. The molecule has 3 aromatic carbocycles. The van der Waals surface area contributed by atoms with Crippen LogP contribution in [0.4, 0.5) is 0 Å². The molecule has 0 aromatic heterocycles. The second-order valence-electron chi connectivity index (χ2n) is 10.4. The molecule has 0 spiro atoms. The lowest BCUT2D eigenvalue weighted by atomic mass is 9.96. The first-order valence-electron chi connectivity index (χ1n) is 13.5. The standard InChI is InChI=1S/C32H26N2O10/c1-32(2,44-26(36)18-34-30(40)23-9-5-6-10-24(23)31(34)41)27(37)19-11-13-20(14-12-19)42-15-16-43-25(35)17-33-28(38)21-7-3-4-8-22(21)29(33)39/h3-14H,15-18H2,1-2H3. The molecule has 3 aromatic rings. The molecule has 0 saturated carbocycles. The van der Waals surface area contributed by atoms with E-state index in [2.05, 4.69) is 0 Å². The summed E-state index contributed by atoms with van der Waals surface area (Å²) in [5.41, 5.74) is -0.531. The van der Waals surface area contributed by atoms with Crippen LogP contribution in [-0.2, 0) is 19.1 Å². The van der Waals surface area contributed by atoms with Crippen molar-refractivity contribution >= 4 is 41.4 Å². The van der Waals surface area contributed by atoms with Crippen molar-refractivity contribution in [1.82, 2.24) is 9.80 Å². The largest absolute Gasteiger partial charge is 0.490 e. The van der Waals surface area contributed by atoms with Crippen molar-refractivity contribution in [3.05, 3.63) is 101 Å². The molecule has 0 unspecified atom stereocenters. The van der Waals surface area contributed by atoms with Crippen molar-refractivity contribution in [3.63, 3.8) is 0 Å². The molecule has 0 saturated heterocycles. The molecule has 44 heavy (non-hydrogen) atoms. The molecule has 0 N–H and O–H groups in total. The molecule has 2 aliphatic heterocycles. The quantitative estimate of drug-likeness (QED) is 0.139. The van der Waals surface area contributed by atoms with E-state index >= 15 is 0 Å². The van der Waals surface area contributed by atoms with E-state index < -0.39 is 60.0 Å². The van der Waals surface area contributed by atoms with Gasteiger partial charge in [-0.2, -0.15) is 0 Å². The number of imide groups is 2. The number of carbonyl (C=O) groups excluding carboxylic acids is 7. The minimum absolute atomic E-state index is 0.0396. The predicted molar refractivity (Wildman–Crippen MR) is 151 cm³/mol. The maximum Gasteiger partial charge on any atom is 0.327 e. The van der Waals surface area contributed by atoms with Crippen LogP contribution in [0.1, 0.15) is 65.6 Å². The zero-order valence-corrected chi connectivity index (χ0v) is 23.7. The predicted octanol–water partition coefficient (Wildman–Crippen LogP) is 2.71. The highest BCUT2D eigenvalue weighted by Gasteiger charge is 2.39. The van der Waals surface area contributed by atoms with Gasteiger partial charge in [-0.05, 0) is 62.4 Å². The molecule has 0 atom stereocenters. The summed E-state index contributed by atoms with van der Waals surface area (Å²) in [7, 11) is 0. The molecule has 2 aliphatic rings. The number of rotatable bonds is 11. The Morgan fingerprint density at radius 1 is 0.614 bits per heavy atom. The Kier molecular flexibility index (Phi) is 8.08. The average Bonchev–Trinajstić information content (AvgIpc) is 3.39. The Morgan fingerprint density at radius 2 is 1.05 bits per heavy atom. The van der Waals surface area contributed by atoms with Gasteiger partial charge in [-0.25, -0.2) is 0 Å². The van der Waals surface area contributed by atoms with Gasteiger partial charge in [0.25, 0.3) is 23.6 Å². The van der Waals surface area contributed by atoms with Gasteiger partial charge in [0.2, 0.25) is 5.78 Å². The lowest BCUT2D eigenvalue weighted by molar-refractivity contribution is -0.152. The first-order valence-corrected chi connectivity index (χ1v) is 13.5. The van der Waals surface area contributed by atoms with Crippen LogP contribution >= 0.6 is 0 Å². The van der Waals surface area contributed by atoms with E-state index in [1.807, 2.05) is 0 Å². The van der Waals surface area contributed by atoms with Crippen molar-refractivity contribution in [3.8, 4) is 5.75 Å². The molecular weight excluding hydrogens is 572 g/mol. The topological polar surface area (TPSA) is 154 Å². The van der Waals surface area contributed by atoms with Crippen molar-refractivity contribution in [2.45, 2.75) is 19.4 Å². The van der Waals surface area contributed by atoms with E-state index in [1.165, 1.54) is 62.4 Å². The second kappa shape index (κ2) is 11.9. The van der Waals surface area contributed by atoms with E-state index in [4.69, 9.17) is 14.2 Å². The molecule has 12 heteroatoms.